The van der Waals surface area contributed by atoms with Crippen molar-refractivity contribution >= 4 is 5.69 Å². The molecule has 1 aromatic carbocycles. The van der Waals surface area contributed by atoms with E-state index in [0.29, 0.717) is 5.92 Å². The van der Waals surface area contributed by atoms with Crippen molar-refractivity contribution in [3.63, 3.8) is 0 Å². The van der Waals surface area contributed by atoms with E-state index in [-0.39, 0.29) is 5.54 Å². The summed E-state index contributed by atoms with van der Waals surface area (Å²) in [5, 5.41) is 3.68. The molecule has 1 nitrogen and oxygen atoms in total. The molecule has 1 aliphatic heterocycles. The Morgan fingerprint density at radius 3 is 2.71 bits per heavy atom. The van der Waals surface area contributed by atoms with E-state index in [2.05, 4.69) is 51.2 Å². The van der Waals surface area contributed by atoms with Gasteiger partial charge in [0, 0.05) is 17.1 Å². The zero-order chi connectivity index (χ0) is 10.3. The molecule has 0 bridgehead atoms. The standard InChI is InChI=1S/C13H19N/c1-5-13(4)10(3)11-8-6-7-9(2)12(11)14-13/h6-8,10,14H,5H2,1-4H3. The molecule has 0 saturated carbocycles. The van der Waals surface area contributed by atoms with E-state index in [0.717, 1.165) is 0 Å². The molecule has 2 rings (SSSR count). The van der Waals surface area contributed by atoms with Crippen molar-refractivity contribution in [2.24, 2.45) is 0 Å². The number of benzene rings is 1. The van der Waals surface area contributed by atoms with Gasteiger partial charge in [-0.15, -0.1) is 0 Å². The Morgan fingerprint density at radius 2 is 2.14 bits per heavy atom. The van der Waals surface area contributed by atoms with Gasteiger partial charge in [0.15, 0.2) is 0 Å². The van der Waals surface area contributed by atoms with Crippen LogP contribution >= 0.6 is 0 Å². The molecular formula is C13H19N. The summed E-state index contributed by atoms with van der Waals surface area (Å²) in [5.41, 5.74) is 4.46. The molecule has 0 spiro atoms. The molecule has 0 radical (unpaired) electrons. The van der Waals surface area contributed by atoms with E-state index in [4.69, 9.17) is 0 Å². The third kappa shape index (κ3) is 1.15. The Kier molecular flexibility index (Phi) is 2.06. The van der Waals surface area contributed by atoms with Crippen LogP contribution in [0.15, 0.2) is 18.2 Å². The van der Waals surface area contributed by atoms with Crippen LogP contribution in [-0.4, -0.2) is 5.54 Å². The number of fused-ring (bicyclic) bond motifs is 1. The Balaban J connectivity index is 2.50. The number of hydrogen-bond donors (Lipinski definition) is 1. The highest BCUT2D eigenvalue weighted by molar-refractivity contribution is 5.65. The highest BCUT2D eigenvalue weighted by Gasteiger charge is 2.38. The second kappa shape index (κ2) is 3.01. The molecule has 76 valence electrons. The second-order valence-electron chi connectivity index (χ2n) is 4.66. The van der Waals surface area contributed by atoms with Crippen molar-refractivity contribution in [1.82, 2.24) is 0 Å². The molecule has 1 aromatic rings. The van der Waals surface area contributed by atoms with Crippen LogP contribution in [0.5, 0.6) is 0 Å². The highest BCUT2D eigenvalue weighted by Crippen LogP contribution is 2.45. The predicted molar refractivity (Wildman–Crippen MR) is 61.9 cm³/mol. The van der Waals surface area contributed by atoms with Crippen molar-refractivity contribution in [3.8, 4) is 0 Å². The van der Waals surface area contributed by atoms with Crippen LogP contribution < -0.4 is 5.32 Å². The molecule has 0 amide bonds. The average Bonchev–Trinajstić information content (AvgIpc) is 2.44. The van der Waals surface area contributed by atoms with E-state index >= 15 is 0 Å². The highest BCUT2D eigenvalue weighted by atomic mass is 15.0. The number of para-hydroxylation sites is 1. The SMILES string of the molecule is CCC1(C)Nc2c(C)cccc2C1C. The van der Waals surface area contributed by atoms with Crippen molar-refractivity contribution in [2.45, 2.75) is 45.6 Å². The Bertz CT molecular complexity index is 356. The van der Waals surface area contributed by atoms with Gasteiger partial charge in [-0.25, -0.2) is 0 Å². The molecule has 0 aromatic heterocycles. The fraction of sp³-hybridized carbons (Fsp3) is 0.538. The molecule has 1 heterocycles. The van der Waals surface area contributed by atoms with Crippen LogP contribution in [0.1, 0.15) is 44.2 Å². The van der Waals surface area contributed by atoms with Gasteiger partial charge in [-0.3, -0.25) is 0 Å². The smallest absolute Gasteiger partial charge is 0.0410 e. The Morgan fingerprint density at radius 1 is 1.43 bits per heavy atom. The summed E-state index contributed by atoms with van der Waals surface area (Å²) in [6, 6.07) is 6.59. The first kappa shape index (κ1) is 9.57. The minimum absolute atomic E-state index is 0.244. The van der Waals surface area contributed by atoms with Crippen LogP contribution in [0.3, 0.4) is 0 Å². The number of hydrogen-bond acceptors (Lipinski definition) is 1. The van der Waals surface area contributed by atoms with Crippen molar-refractivity contribution in [1.29, 1.82) is 0 Å². The zero-order valence-corrected chi connectivity index (χ0v) is 9.52. The normalized spacial score (nSPS) is 29.9. The molecule has 1 aliphatic rings. The topological polar surface area (TPSA) is 12.0 Å². The van der Waals surface area contributed by atoms with Gasteiger partial charge in [-0.2, -0.15) is 0 Å². The van der Waals surface area contributed by atoms with Crippen LogP contribution in [0.25, 0.3) is 0 Å². The van der Waals surface area contributed by atoms with Gasteiger partial charge in [0.2, 0.25) is 0 Å². The van der Waals surface area contributed by atoms with Gasteiger partial charge >= 0.3 is 0 Å². The summed E-state index contributed by atoms with van der Waals surface area (Å²) in [6.45, 7) is 9.07. The van der Waals surface area contributed by atoms with Gasteiger partial charge in [-0.1, -0.05) is 32.0 Å². The second-order valence-corrected chi connectivity index (χ2v) is 4.66. The van der Waals surface area contributed by atoms with Gasteiger partial charge in [0.05, 0.1) is 0 Å². The van der Waals surface area contributed by atoms with E-state index in [1.54, 1.807) is 0 Å². The summed E-state index contributed by atoms with van der Waals surface area (Å²) >= 11 is 0. The third-order valence-electron chi connectivity index (χ3n) is 3.87. The van der Waals surface area contributed by atoms with Crippen LogP contribution in [0.2, 0.25) is 0 Å². The predicted octanol–water partition coefficient (Wildman–Crippen LogP) is 3.69. The molecule has 2 unspecified atom stereocenters. The first-order valence-electron chi connectivity index (χ1n) is 5.46. The molecule has 0 fully saturated rings. The summed E-state index contributed by atoms with van der Waals surface area (Å²) in [6.07, 6.45) is 1.17. The van der Waals surface area contributed by atoms with Crippen LogP contribution in [0.4, 0.5) is 5.69 Å². The molecule has 0 aliphatic carbocycles. The summed E-state index contributed by atoms with van der Waals surface area (Å²) in [7, 11) is 0. The van der Waals surface area contributed by atoms with Crippen molar-refractivity contribution in [2.75, 3.05) is 5.32 Å². The monoisotopic (exact) mass is 189 g/mol. The largest absolute Gasteiger partial charge is 0.379 e. The van der Waals surface area contributed by atoms with Gasteiger partial charge in [0.25, 0.3) is 0 Å². The number of anilines is 1. The van der Waals surface area contributed by atoms with E-state index in [1.807, 2.05) is 0 Å². The minimum Gasteiger partial charge on any atom is -0.379 e. The fourth-order valence-corrected chi connectivity index (χ4v) is 2.35. The van der Waals surface area contributed by atoms with Gasteiger partial charge in [0.1, 0.15) is 0 Å². The van der Waals surface area contributed by atoms with E-state index in [1.165, 1.54) is 23.2 Å². The Hall–Kier alpha value is -0.980. The molecule has 2 atom stereocenters. The van der Waals surface area contributed by atoms with E-state index < -0.39 is 0 Å². The lowest BCUT2D eigenvalue weighted by atomic mass is 9.84. The van der Waals surface area contributed by atoms with Crippen molar-refractivity contribution in [3.05, 3.63) is 29.3 Å². The third-order valence-corrected chi connectivity index (χ3v) is 3.87. The lowest BCUT2D eigenvalue weighted by Gasteiger charge is -2.28. The van der Waals surface area contributed by atoms with E-state index in [9.17, 15) is 0 Å². The van der Waals surface area contributed by atoms with Gasteiger partial charge in [-0.05, 0) is 31.4 Å². The first-order chi connectivity index (χ1) is 6.58. The lowest BCUT2D eigenvalue weighted by molar-refractivity contribution is 0.443. The zero-order valence-electron chi connectivity index (χ0n) is 9.52. The first-order valence-corrected chi connectivity index (χ1v) is 5.46. The Labute approximate surface area is 86.5 Å². The molecule has 1 N–H and O–H groups in total. The number of rotatable bonds is 1. The van der Waals surface area contributed by atoms with Gasteiger partial charge < -0.3 is 5.32 Å². The maximum Gasteiger partial charge on any atom is 0.0410 e. The average molecular weight is 189 g/mol. The van der Waals surface area contributed by atoms with Crippen LogP contribution in [0, 0.1) is 6.92 Å². The summed E-state index contributed by atoms with van der Waals surface area (Å²) in [5.74, 6) is 0.613. The maximum atomic E-state index is 3.68. The number of aryl methyl sites for hydroxylation is 1. The molecule has 14 heavy (non-hydrogen) atoms. The molecule has 0 saturated heterocycles. The molecular weight excluding hydrogens is 170 g/mol. The maximum absolute atomic E-state index is 3.68. The lowest BCUT2D eigenvalue weighted by Crippen LogP contribution is -2.33. The number of nitrogens with one attached hydrogen (secondary N) is 1. The van der Waals surface area contributed by atoms with Crippen molar-refractivity contribution < 1.29 is 0 Å². The summed E-state index contributed by atoms with van der Waals surface area (Å²) in [4.78, 5) is 0. The fourth-order valence-electron chi connectivity index (χ4n) is 2.35. The summed E-state index contributed by atoms with van der Waals surface area (Å²) < 4.78 is 0. The quantitative estimate of drug-likeness (QED) is 0.710. The van der Waals surface area contributed by atoms with Crippen LogP contribution in [-0.2, 0) is 0 Å². The minimum atomic E-state index is 0.244. The molecule has 1 heteroatoms.